The van der Waals surface area contributed by atoms with Gasteiger partial charge in [0.1, 0.15) is 23.2 Å². The summed E-state index contributed by atoms with van der Waals surface area (Å²) in [4.78, 5) is 37.5. The van der Waals surface area contributed by atoms with E-state index in [4.69, 9.17) is 0 Å². The minimum absolute atomic E-state index is 0.384. The zero-order valence-corrected chi connectivity index (χ0v) is 16.6. The number of carbonyl (C=O) groups excluding carboxylic acids is 2. The lowest BCUT2D eigenvalue weighted by molar-refractivity contribution is -0.159. The maximum Gasteiger partial charge on any atom is 0.436 e. The van der Waals surface area contributed by atoms with Crippen LogP contribution >= 0.6 is 27.7 Å². The zero-order valence-electron chi connectivity index (χ0n) is 14.2. The standard InChI is InChI=1S/C14H14BrF3N4O4S/c1-13(2)8(12(25)26)22-10(24)5(11(22)27-13)19-9(23)6-4(15)7(14(16,17)18)20-21(6)3/h5,8,11H,1-3H3,(H,19,23)(H,25,26)/t5-,8+,11-/m1/s1. The van der Waals surface area contributed by atoms with Crippen LogP contribution in [0, 0.1) is 0 Å². The minimum Gasteiger partial charge on any atom is -0.480 e. The highest BCUT2D eigenvalue weighted by molar-refractivity contribution is 9.10. The van der Waals surface area contributed by atoms with Gasteiger partial charge in [0.2, 0.25) is 5.91 Å². The number of carbonyl (C=O) groups is 3. The molecule has 1 aromatic rings. The minimum atomic E-state index is -4.75. The molecule has 0 radical (unpaired) electrons. The third-order valence-corrected chi connectivity index (χ3v) is 6.76. The Labute approximate surface area is 163 Å². The van der Waals surface area contributed by atoms with Crippen LogP contribution in [0.3, 0.4) is 0 Å². The molecule has 0 spiro atoms. The second kappa shape index (κ2) is 6.12. The van der Waals surface area contributed by atoms with E-state index in [1.165, 1.54) is 23.7 Å². The molecule has 2 aliphatic heterocycles. The Morgan fingerprint density at radius 1 is 1.37 bits per heavy atom. The number of alkyl halides is 3. The topological polar surface area (TPSA) is 105 Å². The first-order chi connectivity index (χ1) is 12.3. The SMILES string of the molecule is Cn1nc(C(F)(F)F)c(Br)c1C(=O)N[C@@H]1C(=O)N2[C@@H]1SC(C)(C)[C@@H]2C(=O)O. The van der Waals surface area contributed by atoms with Crippen LogP contribution in [-0.2, 0) is 22.8 Å². The first-order valence-electron chi connectivity index (χ1n) is 7.60. The lowest BCUT2D eigenvalue weighted by Gasteiger charge is -2.43. The predicted octanol–water partition coefficient (Wildman–Crippen LogP) is 1.45. The van der Waals surface area contributed by atoms with Crippen LogP contribution in [0.25, 0.3) is 0 Å². The van der Waals surface area contributed by atoms with Crippen molar-refractivity contribution in [2.75, 3.05) is 0 Å². The zero-order chi connectivity index (χ0) is 20.5. The van der Waals surface area contributed by atoms with Crippen LogP contribution in [0.2, 0.25) is 0 Å². The first kappa shape index (κ1) is 20.0. The summed E-state index contributed by atoms with van der Waals surface area (Å²) in [5, 5.41) is 14.5. The van der Waals surface area contributed by atoms with Crippen LogP contribution in [-0.4, -0.2) is 59.8 Å². The first-order valence-corrected chi connectivity index (χ1v) is 9.28. The normalized spacial score (nSPS) is 26.6. The molecule has 0 saturated carbocycles. The molecule has 0 unspecified atom stereocenters. The lowest BCUT2D eigenvalue weighted by Crippen LogP contribution is -2.70. The molecule has 1 aromatic heterocycles. The van der Waals surface area contributed by atoms with Gasteiger partial charge >= 0.3 is 12.1 Å². The van der Waals surface area contributed by atoms with Gasteiger partial charge in [-0.2, -0.15) is 18.3 Å². The highest BCUT2D eigenvalue weighted by Gasteiger charge is 2.64. The van der Waals surface area contributed by atoms with Crippen LogP contribution in [0.15, 0.2) is 4.47 Å². The van der Waals surface area contributed by atoms with Crippen LogP contribution in [0.1, 0.15) is 30.0 Å². The van der Waals surface area contributed by atoms with E-state index in [0.717, 1.165) is 4.68 Å². The van der Waals surface area contributed by atoms with E-state index in [-0.39, 0.29) is 5.69 Å². The number of rotatable bonds is 3. The van der Waals surface area contributed by atoms with Crippen molar-refractivity contribution >= 4 is 45.5 Å². The number of carboxylic acids is 1. The molecule has 27 heavy (non-hydrogen) atoms. The molecule has 2 amide bonds. The van der Waals surface area contributed by atoms with Gasteiger partial charge in [-0.25, -0.2) is 4.79 Å². The van der Waals surface area contributed by atoms with Gasteiger partial charge in [0.15, 0.2) is 5.69 Å². The van der Waals surface area contributed by atoms with E-state index in [9.17, 15) is 32.7 Å². The number of amides is 2. The van der Waals surface area contributed by atoms with Gasteiger partial charge in [-0.05, 0) is 29.8 Å². The molecule has 2 aliphatic rings. The number of aryl methyl sites for hydroxylation is 1. The third kappa shape index (κ3) is 3.00. The van der Waals surface area contributed by atoms with E-state index in [2.05, 4.69) is 26.3 Å². The molecule has 3 heterocycles. The Morgan fingerprint density at radius 2 is 1.96 bits per heavy atom. The van der Waals surface area contributed by atoms with Crippen molar-refractivity contribution in [3.63, 3.8) is 0 Å². The van der Waals surface area contributed by atoms with Crippen molar-refractivity contribution in [2.45, 2.75) is 42.2 Å². The quantitative estimate of drug-likeness (QED) is 0.647. The van der Waals surface area contributed by atoms with Crippen LogP contribution < -0.4 is 5.32 Å². The maximum atomic E-state index is 12.9. The fourth-order valence-electron chi connectivity index (χ4n) is 3.28. The van der Waals surface area contributed by atoms with E-state index < -0.39 is 56.3 Å². The summed E-state index contributed by atoms with van der Waals surface area (Å²) in [6.45, 7) is 3.35. The van der Waals surface area contributed by atoms with Gasteiger partial charge in [-0.15, -0.1) is 11.8 Å². The second-order valence-corrected chi connectivity index (χ2v) is 9.25. The molecule has 13 heteroatoms. The molecule has 8 nitrogen and oxygen atoms in total. The molecular weight excluding hydrogens is 457 g/mol. The number of hydrogen-bond acceptors (Lipinski definition) is 5. The summed E-state index contributed by atoms with van der Waals surface area (Å²) in [7, 11) is 1.18. The summed E-state index contributed by atoms with van der Waals surface area (Å²) in [6, 6.07) is -2.07. The average molecular weight is 471 g/mol. The molecule has 0 aliphatic carbocycles. The molecule has 3 rings (SSSR count). The number of nitrogens with one attached hydrogen (secondary N) is 1. The highest BCUT2D eigenvalue weighted by Crippen LogP contribution is 2.50. The maximum absolute atomic E-state index is 12.9. The van der Waals surface area contributed by atoms with E-state index >= 15 is 0 Å². The summed E-state index contributed by atoms with van der Waals surface area (Å²) >= 11 is 3.96. The van der Waals surface area contributed by atoms with Gasteiger partial charge in [0.25, 0.3) is 5.91 Å². The summed E-state index contributed by atoms with van der Waals surface area (Å²) in [5.41, 5.74) is -1.63. The van der Waals surface area contributed by atoms with Crippen molar-refractivity contribution < 1.29 is 32.7 Å². The number of thioether (sulfide) groups is 1. The Balaban J connectivity index is 1.83. The molecule has 148 valence electrons. The molecule has 0 bridgehead atoms. The number of nitrogens with zero attached hydrogens (tertiary/aromatic N) is 3. The Kier molecular flexibility index (Phi) is 4.53. The number of aromatic nitrogens is 2. The summed E-state index contributed by atoms with van der Waals surface area (Å²) in [6.07, 6.45) is -4.75. The van der Waals surface area contributed by atoms with E-state index in [1.807, 2.05) is 0 Å². The van der Waals surface area contributed by atoms with Gasteiger partial charge in [0, 0.05) is 11.8 Å². The Morgan fingerprint density at radius 3 is 2.44 bits per heavy atom. The van der Waals surface area contributed by atoms with Gasteiger partial charge in [-0.1, -0.05) is 0 Å². The fraction of sp³-hybridized carbons (Fsp3) is 0.571. The van der Waals surface area contributed by atoms with E-state index in [1.54, 1.807) is 13.8 Å². The predicted molar refractivity (Wildman–Crippen MR) is 90.9 cm³/mol. The molecular formula is C14H14BrF3N4O4S. The highest BCUT2D eigenvalue weighted by atomic mass is 79.9. The van der Waals surface area contributed by atoms with Crippen molar-refractivity contribution in [2.24, 2.45) is 7.05 Å². The number of hydrogen-bond donors (Lipinski definition) is 2. The monoisotopic (exact) mass is 470 g/mol. The van der Waals surface area contributed by atoms with Crippen molar-refractivity contribution in [3.8, 4) is 0 Å². The van der Waals surface area contributed by atoms with Crippen molar-refractivity contribution in [3.05, 3.63) is 15.9 Å². The van der Waals surface area contributed by atoms with Crippen LogP contribution in [0.5, 0.6) is 0 Å². The van der Waals surface area contributed by atoms with Crippen molar-refractivity contribution in [1.29, 1.82) is 0 Å². The van der Waals surface area contributed by atoms with Gasteiger partial charge < -0.3 is 15.3 Å². The molecule has 0 aromatic carbocycles. The number of halogens is 4. The van der Waals surface area contributed by atoms with Gasteiger partial charge in [-0.3, -0.25) is 14.3 Å². The van der Waals surface area contributed by atoms with Gasteiger partial charge in [0.05, 0.1) is 4.47 Å². The summed E-state index contributed by atoms with van der Waals surface area (Å²) < 4.78 is 38.3. The van der Waals surface area contributed by atoms with E-state index in [0.29, 0.717) is 0 Å². The molecule has 3 atom stereocenters. The van der Waals surface area contributed by atoms with Crippen molar-refractivity contribution in [1.82, 2.24) is 20.0 Å². The molecule has 2 N–H and O–H groups in total. The Bertz CT molecular complexity index is 856. The largest absolute Gasteiger partial charge is 0.480 e. The number of β-lactam (4-membered cyclic amide) rings is 1. The number of aliphatic carboxylic acids is 1. The smallest absolute Gasteiger partial charge is 0.436 e. The third-order valence-electron chi connectivity index (χ3n) is 4.43. The summed E-state index contributed by atoms with van der Waals surface area (Å²) in [5.74, 6) is -2.66. The Hall–Kier alpha value is -1.76. The number of fused-ring (bicyclic) bond motifs is 1. The lowest BCUT2D eigenvalue weighted by atomic mass is 9.96. The molecule has 2 saturated heterocycles. The second-order valence-electron chi connectivity index (χ2n) is 6.68. The molecule has 2 fully saturated rings. The number of carboxylic acid groups (broad SMARTS) is 1. The fourth-order valence-corrected chi connectivity index (χ4v) is 5.65. The van der Waals surface area contributed by atoms with Crippen LogP contribution in [0.4, 0.5) is 13.2 Å². The average Bonchev–Trinajstić information content (AvgIpc) is 2.95.